The van der Waals surface area contributed by atoms with Gasteiger partial charge in [0, 0.05) is 26.7 Å². The molecule has 0 aliphatic carbocycles. The number of carbonyl (C=O) groups is 1. The summed E-state index contributed by atoms with van der Waals surface area (Å²) in [4.78, 5) is 14.1. The van der Waals surface area contributed by atoms with Gasteiger partial charge < -0.3 is 15.0 Å². The Morgan fingerprint density at radius 3 is 2.83 bits per heavy atom. The summed E-state index contributed by atoms with van der Waals surface area (Å²) in [5.74, 6) is 0.0624. The normalized spacial score (nSPS) is 17.5. The monoisotopic (exact) mass is 334 g/mol. The van der Waals surface area contributed by atoms with E-state index in [4.69, 9.17) is 4.74 Å². The minimum Gasteiger partial charge on any atom is -0.366 e. The van der Waals surface area contributed by atoms with Crippen molar-refractivity contribution < 1.29 is 9.53 Å². The van der Waals surface area contributed by atoms with Gasteiger partial charge in [-0.3, -0.25) is 4.79 Å². The van der Waals surface area contributed by atoms with Crippen molar-refractivity contribution in [1.82, 2.24) is 10.2 Å². The Kier molecular flexibility index (Phi) is 6.39. The largest absolute Gasteiger partial charge is 0.366 e. The number of amides is 1. The maximum atomic E-state index is 12.3. The number of hydrogen-bond acceptors (Lipinski definition) is 3. The zero-order valence-corrected chi connectivity index (χ0v) is 14.1. The lowest BCUT2D eigenvalue weighted by atomic mass is 10.0. The van der Waals surface area contributed by atoms with E-state index < -0.39 is 0 Å². The average Bonchev–Trinajstić information content (AvgIpc) is 2.59. The highest BCUT2D eigenvalue weighted by molar-refractivity contribution is 5.86. The standard InChI is InChI=1S/C18H22N2O2.ClH/c1-20(18(21)17-13-19-10-12-22-17)11-9-15-7-4-6-14-5-2-3-8-16(14)15;/h2-8,17,19H,9-13H2,1H3;1H. The molecule has 1 saturated heterocycles. The van der Waals surface area contributed by atoms with Crippen LogP contribution in [-0.2, 0) is 16.0 Å². The van der Waals surface area contributed by atoms with Crippen LogP contribution in [0, 0.1) is 0 Å². The molecule has 1 atom stereocenters. The summed E-state index contributed by atoms with van der Waals surface area (Å²) in [6, 6.07) is 14.7. The molecular weight excluding hydrogens is 312 g/mol. The Balaban J connectivity index is 0.00000192. The zero-order chi connectivity index (χ0) is 15.4. The molecule has 23 heavy (non-hydrogen) atoms. The van der Waals surface area contributed by atoms with E-state index in [1.54, 1.807) is 4.90 Å². The van der Waals surface area contributed by atoms with E-state index in [0.29, 0.717) is 19.7 Å². The summed E-state index contributed by atoms with van der Waals surface area (Å²) < 4.78 is 5.53. The SMILES string of the molecule is CN(CCc1cccc2ccccc12)C(=O)C1CNCCO1.Cl. The first-order valence-corrected chi connectivity index (χ1v) is 7.79. The Labute approximate surface area is 143 Å². The number of morpholine rings is 1. The quantitative estimate of drug-likeness (QED) is 0.932. The molecule has 124 valence electrons. The van der Waals surface area contributed by atoms with Crippen molar-refractivity contribution in [3.63, 3.8) is 0 Å². The van der Waals surface area contributed by atoms with Crippen LogP contribution < -0.4 is 5.32 Å². The molecule has 3 rings (SSSR count). The Hall–Kier alpha value is -1.62. The smallest absolute Gasteiger partial charge is 0.252 e. The van der Waals surface area contributed by atoms with Gasteiger partial charge in [0.15, 0.2) is 0 Å². The molecule has 1 heterocycles. The first-order valence-electron chi connectivity index (χ1n) is 7.79. The van der Waals surface area contributed by atoms with Crippen molar-refractivity contribution in [2.45, 2.75) is 12.5 Å². The van der Waals surface area contributed by atoms with Crippen LogP contribution in [0.5, 0.6) is 0 Å². The van der Waals surface area contributed by atoms with Crippen molar-refractivity contribution in [2.24, 2.45) is 0 Å². The molecule has 0 spiro atoms. The second-order valence-corrected chi connectivity index (χ2v) is 5.71. The van der Waals surface area contributed by atoms with E-state index in [1.807, 2.05) is 7.05 Å². The van der Waals surface area contributed by atoms with Gasteiger partial charge in [-0.1, -0.05) is 42.5 Å². The molecule has 0 saturated carbocycles. The van der Waals surface area contributed by atoms with Gasteiger partial charge in [0.25, 0.3) is 5.91 Å². The molecule has 1 fully saturated rings. The molecule has 1 N–H and O–H groups in total. The van der Waals surface area contributed by atoms with Crippen LogP contribution >= 0.6 is 12.4 Å². The van der Waals surface area contributed by atoms with Gasteiger partial charge in [-0.15, -0.1) is 12.4 Å². The van der Waals surface area contributed by atoms with Crippen LogP contribution in [0.1, 0.15) is 5.56 Å². The minimum atomic E-state index is -0.341. The molecule has 1 aliphatic rings. The lowest BCUT2D eigenvalue weighted by Crippen LogP contribution is -2.48. The van der Waals surface area contributed by atoms with Crippen molar-refractivity contribution >= 4 is 29.1 Å². The van der Waals surface area contributed by atoms with E-state index >= 15 is 0 Å². The molecule has 1 amide bonds. The number of fused-ring (bicyclic) bond motifs is 1. The van der Waals surface area contributed by atoms with Crippen LogP contribution in [0.15, 0.2) is 42.5 Å². The number of nitrogens with zero attached hydrogens (tertiary/aromatic N) is 1. The predicted octanol–water partition coefficient (Wildman–Crippen LogP) is 2.25. The van der Waals surface area contributed by atoms with Crippen LogP contribution in [0.4, 0.5) is 0 Å². The maximum absolute atomic E-state index is 12.3. The molecule has 1 unspecified atom stereocenters. The fourth-order valence-corrected chi connectivity index (χ4v) is 2.88. The van der Waals surface area contributed by atoms with Gasteiger partial charge in [0.2, 0.25) is 0 Å². The van der Waals surface area contributed by atoms with Crippen LogP contribution in [0.3, 0.4) is 0 Å². The van der Waals surface area contributed by atoms with Crippen molar-refractivity contribution in [2.75, 3.05) is 33.3 Å². The molecule has 0 bridgehead atoms. The number of carbonyl (C=O) groups excluding carboxylic acids is 1. The summed E-state index contributed by atoms with van der Waals surface area (Å²) in [5, 5.41) is 5.71. The highest BCUT2D eigenvalue weighted by Gasteiger charge is 2.24. The van der Waals surface area contributed by atoms with Gasteiger partial charge >= 0.3 is 0 Å². The van der Waals surface area contributed by atoms with E-state index in [1.165, 1.54) is 16.3 Å². The van der Waals surface area contributed by atoms with Crippen molar-refractivity contribution in [1.29, 1.82) is 0 Å². The van der Waals surface area contributed by atoms with E-state index in [2.05, 4.69) is 47.8 Å². The van der Waals surface area contributed by atoms with E-state index in [9.17, 15) is 4.79 Å². The maximum Gasteiger partial charge on any atom is 0.252 e. The van der Waals surface area contributed by atoms with Gasteiger partial charge in [-0.05, 0) is 22.8 Å². The summed E-state index contributed by atoms with van der Waals surface area (Å²) >= 11 is 0. The van der Waals surface area contributed by atoms with Crippen LogP contribution in [0.25, 0.3) is 10.8 Å². The molecule has 2 aromatic rings. The molecule has 1 aliphatic heterocycles. The minimum absolute atomic E-state index is 0. The van der Waals surface area contributed by atoms with Crippen molar-refractivity contribution in [3.05, 3.63) is 48.0 Å². The third-order valence-corrected chi connectivity index (χ3v) is 4.18. The molecule has 2 aromatic carbocycles. The first kappa shape index (κ1) is 17.7. The number of hydrogen-bond donors (Lipinski definition) is 1. The molecular formula is C18H23ClN2O2. The Morgan fingerprint density at radius 2 is 2.04 bits per heavy atom. The molecule has 5 heteroatoms. The number of nitrogens with one attached hydrogen (secondary N) is 1. The summed E-state index contributed by atoms with van der Waals surface area (Å²) in [7, 11) is 1.85. The second kappa shape index (κ2) is 8.29. The highest BCUT2D eigenvalue weighted by atomic mass is 35.5. The number of rotatable bonds is 4. The number of ether oxygens (including phenoxy) is 1. The van der Waals surface area contributed by atoms with E-state index in [0.717, 1.165) is 13.0 Å². The van der Waals surface area contributed by atoms with Crippen LogP contribution in [0.2, 0.25) is 0 Å². The summed E-state index contributed by atoms with van der Waals surface area (Å²) in [6.45, 7) is 2.74. The van der Waals surface area contributed by atoms with Crippen molar-refractivity contribution in [3.8, 4) is 0 Å². The molecule has 0 aromatic heterocycles. The summed E-state index contributed by atoms with van der Waals surface area (Å²) in [6.07, 6.45) is 0.510. The fraction of sp³-hybridized carbons (Fsp3) is 0.389. The summed E-state index contributed by atoms with van der Waals surface area (Å²) in [5.41, 5.74) is 1.28. The average molecular weight is 335 g/mol. The third kappa shape index (κ3) is 4.22. The number of halogens is 1. The van der Waals surface area contributed by atoms with Gasteiger partial charge in [-0.2, -0.15) is 0 Å². The number of benzene rings is 2. The van der Waals surface area contributed by atoms with Crippen LogP contribution in [-0.4, -0.2) is 50.2 Å². The predicted molar refractivity (Wildman–Crippen MR) is 95.1 cm³/mol. The van der Waals surface area contributed by atoms with Gasteiger partial charge in [-0.25, -0.2) is 0 Å². The molecule has 4 nitrogen and oxygen atoms in total. The topological polar surface area (TPSA) is 41.6 Å². The highest BCUT2D eigenvalue weighted by Crippen LogP contribution is 2.19. The van der Waals surface area contributed by atoms with E-state index in [-0.39, 0.29) is 24.4 Å². The number of likely N-dealkylation sites (N-methyl/N-ethyl adjacent to an activating group) is 1. The molecule has 0 radical (unpaired) electrons. The zero-order valence-electron chi connectivity index (χ0n) is 13.3. The van der Waals surface area contributed by atoms with Gasteiger partial charge in [0.1, 0.15) is 6.10 Å². The Morgan fingerprint density at radius 1 is 1.26 bits per heavy atom. The lowest BCUT2D eigenvalue weighted by Gasteiger charge is -2.27. The third-order valence-electron chi connectivity index (χ3n) is 4.18. The lowest BCUT2D eigenvalue weighted by molar-refractivity contribution is -0.143. The Bertz CT molecular complexity index is 651. The van der Waals surface area contributed by atoms with Gasteiger partial charge in [0.05, 0.1) is 6.61 Å². The fourth-order valence-electron chi connectivity index (χ4n) is 2.88. The second-order valence-electron chi connectivity index (χ2n) is 5.71. The first-order chi connectivity index (χ1) is 10.8.